The van der Waals surface area contributed by atoms with E-state index in [0.717, 1.165) is 11.1 Å². The van der Waals surface area contributed by atoms with E-state index in [1.165, 1.54) is 4.68 Å². The molecule has 2 atom stereocenters. The highest BCUT2D eigenvalue weighted by Gasteiger charge is 2.52. The lowest BCUT2D eigenvalue weighted by Crippen LogP contribution is -2.44. The fourth-order valence-electron chi connectivity index (χ4n) is 6.10. The number of nitrogens with zero attached hydrogens (tertiary/aromatic N) is 3. The fourth-order valence-corrected chi connectivity index (χ4v) is 6.10. The van der Waals surface area contributed by atoms with Gasteiger partial charge in [-0.25, -0.2) is 4.68 Å². The number of carbonyl (C=O) groups excluding carboxylic acids is 2. The lowest BCUT2D eigenvalue weighted by atomic mass is 9.82. The van der Waals surface area contributed by atoms with Crippen LogP contribution in [0.25, 0.3) is 16.6 Å². The molecule has 5 aromatic rings. The largest absolute Gasteiger partial charge is 0.395 e. The third kappa shape index (κ3) is 5.78. The summed E-state index contributed by atoms with van der Waals surface area (Å²) in [6, 6.07) is 31.5. The molecule has 0 saturated carbocycles. The second kappa shape index (κ2) is 13.0. The summed E-state index contributed by atoms with van der Waals surface area (Å²) >= 11 is 0. The number of aliphatic hydroxyl groups excluding tert-OH is 1. The minimum absolute atomic E-state index is 0.0343. The molecule has 0 spiro atoms. The number of aromatic nitrogens is 2. The van der Waals surface area contributed by atoms with Crippen molar-refractivity contribution in [1.29, 1.82) is 0 Å². The summed E-state index contributed by atoms with van der Waals surface area (Å²) in [6.07, 6.45) is 3.39. The van der Waals surface area contributed by atoms with Crippen LogP contribution in [0.3, 0.4) is 0 Å². The van der Waals surface area contributed by atoms with Crippen molar-refractivity contribution in [3.8, 4) is 5.69 Å². The molecule has 0 fully saturated rings. The topological polar surface area (TPSA) is 119 Å². The van der Waals surface area contributed by atoms with Crippen molar-refractivity contribution in [3.63, 3.8) is 0 Å². The molecular formula is C37H36N4O5. The Kier molecular flexibility index (Phi) is 8.70. The van der Waals surface area contributed by atoms with E-state index in [1.54, 1.807) is 59.2 Å². The zero-order valence-electron chi connectivity index (χ0n) is 25.5. The van der Waals surface area contributed by atoms with Crippen LogP contribution in [0.15, 0.2) is 120 Å². The Bertz CT molecular complexity index is 1950. The lowest BCUT2D eigenvalue weighted by molar-refractivity contribution is -0.139. The average Bonchev–Trinajstić information content (AvgIpc) is 3.52. The van der Waals surface area contributed by atoms with Gasteiger partial charge in [0, 0.05) is 31.0 Å². The maximum absolute atomic E-state index is 14.1. The van der Waals surface area contributed by atoms with Gasteiger partial charge in [0.1, 0.15) is 0 Å². The molecule has 0 unspecified atom stereocenters. The van der Waals surface area contributed by atoms with Crippen LogP contribution in [-0.4, -0.2) is 49.9 Å². The van der Waals surface area contributed by atoms with Gasteiger partial charge in [-0.1, -0.05) is 91.9 Å². The van der Waals surface area contributed by atoms with Crippen molar-refractivity contribution >= 4 is 28.4 Å². The van der Waals surface area contributed by atoms with Crippen LogP contribution in [0.5, 0.6) is 0 Å². The summed E-state index contributed by atoms with van der Waals surface area (Å²) < 4.78 is 1.41. The van der Waals surface area contributed by atoms with Crippen molar-refractivity contribution < 1.29 is 19.8 Å². The van der Waals surface area contributed by atoms with Gasteiger partial charge in [0.05, 0.1) is 35.4 Å². The van der Waals surface area contributed by atoms with Crippen LogP contribution >= 0.6 is 0 Å². The molecule has 3 N–H and O–H groups in total. The van der Waals surface area contributed by atoms with E-state index in [2.05, 4.69) is 5.10 Å². The van der Waals surface area contributed by atoms with Gasteiger partial charge in [-0.05, 0) is 41.5 Å². The Balaban J connectivity index is 1.31. The summed E-state index contributed by atoms with van der Waals surface area (Å²) in [5.41, 5.74) is 1.76. The first kappa shape index (κ1) is 30.8. The highest BCUT2D eigenvalue weighted by molar-refractivity contribution is 6.07. The number of aliphatic hydroxyl groups is 2. The standard InChI is InChI=1S/C37H36N4O5/c1-26(11-10-18-34(43)39(21-22-42)24-27-12-4-2-5-13-27)37(46)31-23-29(41-35(44)30-16-8-9-17-32(30)38-41)19-20-33(31)40(36(37)45)25-28-14-6-3-7-15-28/h2-17,19-20,23,26,38,42,46H,18,21-22,24-25H2,1H3/b11-10+/t26-,37+/m0/s1. The molecular weight excluding hydrogens is 580 g/mol. The first-order valence-electron chi connectivity index (χ1n) is 15.3. The van der Waals surface area contributed by atoms with Crippen molar-refractivity contribution in [2.75, 3.05) is 18.1 Å². The molecule has 9 heteroatoms. The van der Waals surface area contributed by atoms with Gasteiger partial charge >= 0.3 is 0 Å². The van der Waals surface area contributed by atoms with Crippen molar-refractivity contribution in [3.05, 3.63) is 142 Å². The summed E-state index contributed by atoms with van der Waals surface area (Å²) in [4.78, 5) is 43.7. The van der Waals surface area contributed by atoms with Gasteiger partial charge < -0.3 is 20.0 Å². The second-order valence-corrected chi connectivity index (χ2v) is 11.6. The maximum atomic E-state index is 14.1. The molecule has 6 rings (SSSR count). The average molecular weight is 617 g/mol. The van der Waals surface area contributed by atoms with Gasteiger partial charge in [0.2, 0.25) is 5.91 Å². The van der Waals surface area contributed by atoms with Crippen LogP contribution in [0.4, 0.5) is 5.69 Å². The number of nitrogens with one attached hydrogen (secondary N) is 1. The first-order chi connectivity index (χ1) is 22.3. The lowest BCUT2D eigenvalue weighted by Gasteiger charge is -2.28. The minimum atomic E-state index is -1.95. The SMILES string of the molecule is C[C@@H](/C=C/CC(=O)N(CCO)Cc1ccccc1)[C@]1(O)C(=O)N(Cc2ccccc2)c2ccc(-n3[nH]c4ccccc4c3=O)cc21. The Labute approximate surface area is 266 Å². The van der Waals surface area contributed by atoms with Crippen molar-refractivity contribution in [2.45, 2.75) is 32.0 Å². The molecule has 4 aromatic carbocycles. The molecule has 0 bridgehead atoms. The smallest absolute Gasteiger partial charge is 0.279 e. The van der Waals surface area contributed by atoms with Crippen LogP contribution in [0.2, 0.25) is 0 Å². The number of hydrogen-bond donors (Lipinski definition) is 3. The molecule has 1 aromatic heterocycles. The zero-order valence-corrected chi connectivity index (χ0v) is 25.5. The van der Waals surface area contributed by atoms with Gasteiger partial charge in [0.15, 0.2) is 5.60 Å². The van der Waals surface area contributed by atoms with Crippen LogP contribution < -0.4 is 10.5 Å². The summed E-state index contributed by atoms with van der Waals surface area (Å²) in [5, 5.41) is 25.5. The number of anilines is 1. The van der Waals surface area contributed by atoms with Crippen molar-refractivity contribution in [2.24, 2.45) is 5.92 Å². The Morgan fingerprint density at radius 2 is 1.61 bits per heavy atom. The van der Waals surface area contributed by atoms with E-state index in [0.29, 0.717) is 34.4 Å². The molecule has 1 aliphatic rings. The predicted molar refractivity (Wildman–Crippen MR) is 177 cm³/mol. The number of benzene rings is 4. The monoisotopic (exact) mass is 616 g/mol. The first-order valence-corrected chi connectivity index (χ1v) is 15.3. The fraction of sp³-hybridized carbons (Fsp3) is 0.216. The van der Waals surface area contributed by atoms with Crippen LogP contribution in [0.1, 0.15) is 30.0 Å². The molecule has 2 heterocycles. The highest BCUT2D eigenvalue weighted by Crippen LogP contribution is 2.46. The Morgan fingerprint density at radius 3 is 2.30 bits per heavy atom. The van der Waals surface area contributed by atoms with Gasteiger partial charge in [-0.3, -0.25) is 19.5 Å². The van der Waals surface area contributed by atoms with E-state index in [1.807, 2.05) is 72.8 Å². The summed E-state index contributed by atoms with van der Waals surface area (Å²) in [5.74, 6) is -1.39. The molecule has 1 aliphatic heterocycles. The van der Waals surface area contributed by atoms with E-state index in [9.17, 15) is 24.6 Å². The number of amides is 2. The zero-order chi connectivity index (χ0) is 32.3. The van der Waals surface area contributed by atoms with E-state index in [4.69, 9.17) is 0 Å². The number of hydrogen-bond acceptors (Lipinski definition) is 5. The number of rotatable bonds is 11. The molecule has 9 nitrogen and oxygen atoms in total. The Morgan fingerprint density at radius 1 is 0.935 bits per heavy atom. The maximum Gasteiger partial charge on any atom is 0.279 e. The molecule has 46 heavy (non-hydrogen) atoms. The number of para-hydroxylation sites is 1. The molecule has 0 saturated heterocycles. The number of carbonyl (C=O) groups is 2. The number of aromatic amines is 1. The highest BCUT2D eigenvalue weighted by atomic mass is 16.3. The van der Waals surface area contributed by atoms with E-state index < -0.39 is 17.4 Å². The van der Waals surface area contributed by atoms with Gasteiger partial charge in [-0.15, -0.1) is 0 Å². The quantitative estimate of drug-likeness (QED) is 0.187. The van der Waals surface area contributed by atoms with Crippen LogP contribution in [0, 0.1) is 5.92 Å². The number of fused-ring (bicyclic) bond motifs is 2. The van der Waals surface area contributed by atoms with Crippen molar-refractivity contribution in [1.82, 2.24) is 14.7 Å². The predicted octanol–water partition coefficient (Wildman–Crippen LogP) is 4.66. The molecule has 0 aliphatic carbocycles. The van der Waals surface area contributed by atoms with Gasteiger partial charge in [-0.2, -0.15) is 0 Å². The summed E-state index contributed by atoms with van der Waals surface area (Å²) in [7, 11) is 0. The minimum Gasteiger partial charge on any atom is -0.395 e. The molecule has 0 radical (unpaired) electrons. The normalized spacial score (nSPS) is 16.7. The van der Waals surface area contributed by atoms with E-state index in [-0.39, 0.29) is 37.6 Å². The third-order valence-corrected chi connectivity index (χ3v) is 8.60. The Hall–Kier alpha value is -5.25. The van der Waals surface area contributed by atoms with Crippen LogP contribution in [-0.2, 0) is 28.3 Å². The number of H-pyrrole nitrogens is 1. The molecule has 234 valence electrons. The van der Waals surface area contributed by atoms with Gasteiger partial charge in [0.25, 0.3) is 11.5 Å². The summed E-state index contributed by atoms with van der Waals surface area (Å²) in [6.45, 7) is 2.39. The molecule has 2 amide bonds. The third-order valence-electron chi connectivity index (χ3n) is 8.60. The second-order valence-electron chi connectivity index (χ2n) is 11.6. The van der Waals surface area contributed by atoms with E-state index >= 15 is 0 Å².